The van der Waals surface area contributed by atoms with E-state index in [0.29, 0.717) is 6.61 Å². The monoisotopic (exact) mass is 341 g/mol. The van der Waals surface area contributed by atoms with Crippen molar-refractivity contribution in [3.8, 4) is 5.75 Å². The summed E-state index contributed by atoms with van der Waals surface area (Å²) >= 11 is 0. The summed E-state index contributed by atoms with van der Waals surface area (Å²) in [4.78, 5) is 23.8. The second-order valence-corrected chi connectivity index (χ2v) is 5.78. The van der Waals surface area contributed by atoms with E-state index >= 15 is 0 Å². The van der Waals surface area contributed by atoms with Crippen LogP contribution in [0.25, 0.3) is 0 Å². The molecule has 1 aliphatic rings. The average molecular weight is 341 g/mol. The zero-order valence-corrected chi connectivity index (χ0v) is 13.8. The van der Waals surface area contributed by atoms with Crippen molar-refractivity contribution < 1.29 is 24.2 Å². The molecule has 1 amide bonds. The quantitative estimate of drug-likeness (QED) is 0.660. The summed E-state index contributed by atoms with van der Waals surface area (Å²) in [6.07, 6.45) is 0.681. The van der Waals surface area contributed by atoms with E-state index in [9.17, 15) is 14.7 Å². The van der Waals surface area contributed by atoms with E-state index in [-0.39, 0.29) is 35.4 Å². The molecule has 6 heteroatoms. The van der Waals surface area contributed by atoms with Crippen molar-refractivity contribution in [2.45, 2.75) is 18.9 Å². The third-order valence-corrected chi connectivity index (χ3v) is 4.16. The van der Waals surface area contributed by atoms with Gasteiger partial charge in [-0.25, -0.2) is 4.79 Å². The topological polar surface area (TPSA) is 84.9 Å². The molecule has 0 bridgehead atoms. The Balaban J connectivity index is 1.69. The Morgan fingerprint density at radius 3 is 2.84 bits per heavy atom. The van der Waals surface area contributed by atoms with Crippen LogP contribution in [0.4, 0.5) is 5.69 Å². The molecular weight excluding hydrogens is 322 g/mol. The van der Waals surface area contributed by atoms with E-state index < -0.39 is 5.97 Å². The maximum Gasteiger partial charge on any atom is 0.337 e. The van der Waals surface area contributed by atoms with Crippen molar-refractivity contribution in [1.29, 1.82) is 0 Å². The molecule has 0 unspecified atom stereocenters. The molecule has 1 aliphatic heterocycles. The van der Waals surface area contributed by atoms with Crippen LogP contribution in [0.5, 0.6) is 5.75 Å². The number of nitrogens with one attached hydrogen (secondary N) is 1. The van der Waals surface area contributed by atoms with Crippen LogP contribution in [0.3, 0.4) is 0 Å². The van der Waals surface area contributed by atoms with E-state index in [1.807, 2.05) is 24.3 Å². The second-order valence-electron chi connectivity index (χ2n) is 5.78. The Labute approximate surface area is 145 Å². The molecule has 0 fully saturated rings. The SMILES string of the molecule is COC(=O)c1ccc(NC(=O)C[C@H]2OCCc3ccccc32)c(O)c1. The zero-order chi connectivity index (χ0) is 17.8. The number of carbonyl (C=O) groups is 2. The van der Waals surface area contributed by atoms with Crippen LogP contribution < -0.4 is 5.32 Å². The summed E-state index contributed by atoms with van der Waals surface area (Å²) in [6, 6.07) is 12.1. The Morgan fingerprint density at radius 2 is 2.08 bits per heavy atom. The molecule has 2 N–H and O–H groups in total. The molecule has 6 nitrogen and oxygen atoms in total. The first kappa shape index (κ1) is 17.0. The van der Waals surface area contributed by atoms with Crippen LogP contribution >= 0.6 is 0 Å². The largest absolute Gasteiger partial charge is 0.506 e. The molecule has 2 aromatic rings. The third-order valence-electron chi connectivity index (χ3n) is 4.16. The first-order valence-electron chi connectivity index (χ1n) is 7.99. The molecular formula is C19H19NO5. The molecule has 1 heterocycles. The highest BCUT2D eigenvalue weighted by atomic mass is 16.5. The van der Waals surface area contributed by atoms with Gasteiger partial charge in [-0.15, -0.1) is 0 Å². The number of methoxy groups -OCH3 is 1. The molecule has 0 spiro atoms. The molecule has 0 saturated heterocycles. The van der Waals surface area contributed by atoms with Crippen LogP contribution in [0.2, 0.25) is 0 Å². The fraction of sp³-hybridized carbons (Fsp3) is 0.263. The number of phenols is 1. The number of hydrogen-bond acceptors (Lipinski definition) is 5. The number of phenolic OH excluding ortho intramolecular Hbond substituents is 1. The Hall–Kier alpha value is -2.86. The van der Waals surface area contributed by atoms with E-state index in [0.717, 1.165) is 12.0 Å². The summed E-state index contributed by atoms with van der Waals surface area (Å²) in [6.45, 7) is 0.577. The third kappa shape index (κ3) is 3.80. The Bertz CT molecular complexity index is 802. The van der Waals surface area contributed by atoms with Gasteiger partial charge in [-0.3, -0.25) is 4.79 Å². The summed E-state index contributed by atoms with van der Waals surface area (Å²) in [5.41, 5.74) is 2.66. The maximum absolute atomic E-state index is 12.3. The highest BCUT2D eigenvalue weighted by Crippen LogP contribution is 2.31. The van der Waals surface area contributed by atoms with E-state index in [1.54, 1.807) is 0 Å². The van der Waals surface area contributed by atoms with Crippen molar-refractivity contribution >= 4 is 17.6 Å². The van der Waals surface area contributed by atoms with E-state index in [2.05, 4.69) is 10.1 Å². The minimum atomic E-state index is -0.555. The zero-order valence-electron chi connectivity index (χ0n) is 13.8. The van der Waals surface area contributed by atoms with Crippen molar-refractivity contribution in [1.82, 2.24) is 0 Å². The van der Waals surface area contributed by atoms with Crippen LogP contribution in [0, 0.1) is 0 Å². The van der Waals surface area contributed by atoms with Gasteiger partial charge < -0.3 is 19.9 Å². The molecule has 0 aromatic heterocycles. The molecule has 2 aromatic carbocycles. The van der Waals surface area contributed by atoms with Gasteiger partial charge in [0.1, 0.15) is 5.75 Å². The second kappa shape index (κ2) is 7.36. The van der Waals surface area contributed by atoms with Crippen LogP contribution in [0.15, 0.2) is 42.5 Å². The molecule has 130 valence electrons. The first-order valence-corrected chi connectivity index (χ1v) is 7.99. The summed E-state index contributed by atoms with van der Waals surface area (Å²) in [5.74, 6) is -1.02. The number of anilines is 1. The number of benzene rings is 2. The highest BCUT2D eigenvalue weighted by Gasteiger charge is 2.23. The molecule has 3 rings (SSSR count). The average Bonchev–Trinajstić information content (AvgIpc) is 2.63. The van der Waals surface area contributed by atoms with Crippen LogP contribution in [-0.2, 0) is 20.7 Å². The summed E-state index contributed by atoms with van der Waals surface area (Å²) in [5, 5.41) is 12.6. The lowest BCUT2D eigenvalue weighted by Gasteiger charge is -2.25. The predicted octanol–water partition coefficient (Wildman–Crippen LogP) is 2.82. The van der Waals surface area contributed by atoms with Gasteiger partial charge in [0.05, 0.1) is 37.5 Å². The van der Waals surface area contributed by atoms with Crippen molar-refractivity contribution in [2.75, 3.05) is 19.0 Å². The number of esters is 1. The van der Waals surface area contributed by atoms with Gasteiger partial charge in [0.25, 0.3) is 0 Å². The van der Waals surface area contributed by atoms with Gasteiger partial charge in [-0.1, -0.05) is 24.3 Å². The molecule has 0 aliphatic carbocycles. The minimum absolute atomic E-state index is 0.148. The minimum Gasteiger partial charge on any atom is -0.506 e. The van der Waals surface area contributed by atoms with Gasteiger partial charge in [-0.05, 0) is 35.7 Å². The summed E-state index contributed by atoms with van der Waals surface area (Å²) in [7, 11) is 1.26. The number of ether oxygens (including phenoxy) is 2. The summed E-state index contributed by atoms with van der Waals surface area (Å²) < 4.78 is 10.3. The standard InChI is InChI=1S/C19H19NO5/c1-24-19(23)13-6-7-15(16(21)10-13)20-18(22)11-17-14-5-3-2-4-12(14)8-9-25-17/h2-7,10,17,21H,8-9,11H2,1H3,(H,20,22)/t17-/m1/s1. The number of hydrogen-bond donors (Lipinski definition) is 2. The first-order chi connectivity index (χ1) is 12.1. The Kier molecular flexibility index (Phi) is 5.00. The van der Waals surface area contributed by atoms with E-state index in [4.69, 9.17) is 4.74 Å². The predicted molar refractivity (Wildman–Crippen MR) is 91.5 cm³/mol. The number of carbonyl (C=O) groups excluding carboxylic acids is 2. The van der Waals surface area contributed by atoms with Gasteiger partial charge in [0.2, 0.25) is 5.91 Å². The lowest BCUT2D eigenvalue weighted by molar-refractivity contribution is -0.119. The smallest absolute Gasteiger partial charge is 0.337 e. The van der Waals surface area contributed by atoms with Crippen molar-refractivity contribution in [3.05, 3.63) is 59.2 Å². The number of rotatable bonds is 4. The normalized spacial score (nSPS) is 16.0. The maximum atomic E-state index is 12.3. The van der Waals surface area contributed by atoms with Crippen LogP contribution in [-0.4, -0.2) is 30.7 Å². The number of amides is 1. The van der Waals surface area contributed by atoms with Crippen molar-refractivity contribution in [2.24, 2.45) is 0 Å². The van der Waals surface area contributed by atoms with E-state index in [1.165, 1.54) is 30.9 Å². The van der Waals surface area contributed by atoms with Gasteiger partial charge in [-0.2, -0.15) is 0 Å². The van der Waals surface area contributed by atoms with Gasteiger partial charge in [0, 0.05) is 0 Å². The van der Waals surface area contributed by atoms with Gasteiger partial charge in [0.15, 0.2) is 0 Å². The molecule has 0 radical (unpaired) electrons. The highest BCUT2D eigenvalue weighted by molar-refractivity contribution is 5.95. The lowest BCUT2D eigenvalue weighted by Crippen LogP contribution is -2.22. The molecule has 25 heavy (non-hydrogen) atoms. The molecule has 1 atom stereocenters. The van der Waals surface area contributed by atoms with Gasteiger partial charge >= 0.3 is 5.97 Å². The van der Waals surface area contributed by atoms with Crippen LogP contribution in [0.1, 0.15) is 34.0 Å². The lowest BCUT2D eigenvalue weighted by atomic mass is 9.95. The molecule has 0 saturated carbocycles. The Morgan fingerprint density at radius 1 is 1.28 bits per heavy atom. The number of aromatic hydroxyl groups is 1. The fourth-order valence-corrected chi connectivity index (χ4v) is 2.90. The number of fused-ring (bicyclic) bond motifs is 1. The van der Waals surface area contributed by atoms with Crippen molar-refractivity contribution in [3.63, 3.8) is 0 Å². The fourth-order valence-electron chi connectivity index (χ4n) is 2.90.